The van der Waals surface area contributed by atoms with Gasteiger partial charge in [0, 0.05) is 38.0 Å². The Morgan fingerprint density at radius 3 is 2.85 bits per heavy atom. The molecule has 4 rings (SSSR count). The molecule has 0 bridgehead atoms. The van der Waals surface area contributed by atoms with Gasteiger partial charge in [-0.25, -0.2) is 9.97 Å². The Morgan fingerprint density at radius 2 is 2.00 bits per heavy atom. The number of hydrogen-bond acceptors (Lipinski definition) is 5. The summed E-state index contributed by atoms with van der Waals surface area (Å²) in [6, 6.07) is 12.9. The minimum Gasteiger partial charge on any atom is -0.355 e. The van der Waals surface area contributed by atoms with E-state index in [1.807, 2.05) is 6.07 Å². The van der Waals surface area contributed by atoms with Crippen molar-refractivity contribution in [2.45, 2.75) is 32.1 Å². The van der Waals surface area contributed by atoms with Crippen molar-refractivity contribution in [2.24, 2.45) is 5.92 Å². The number of fused-ring (bicyclic) bond motifs is 1. The second-order valence-corrected chi connectivity index (χ2v) is 7.22. The van der Waals surface area contributed by atoms with Crippen LogP contribution >= 0.6 is 0 Å². The van der Waals surface area contributed by atoms with Crippen molar-refractivity contribution in [2.75, 3.05) is 31.1 Å². The van der Waals surface area contributed by atoms with Crippen LogP contribution in [0, 0.1) is 17.2 Å². The molecule has 5 heteroatoms. The van der Waals surface area contributed by atoms with Crippen LogP contribution in [-0.2, 0) is 19.3 Å². The summed E-state index contributed by atoms with van der Waals surface area (Å²) in [5, 5.41) is 12.8. The molecule has 26 heavy (non-hydrogen) atoms. The van der Waals surface area contributed by atoms with Crippen LogP contribution in [-0.4, -0.2) is 36.1 Å². The summed E-state index contributed by atoms with van der Waals surface area (Å²) in [7, 11) is 0. The highest BCUT2D eigenvalue weighted by Crippen LogP contribution is 2.28. The first-order valence-electron chi connectivity index (χ1n) is 9.61. The summed E-state index contributed by atoms with van der Waals surface area (Å²) >= 11 is 0. The molecule has 0 saturated carbocycles. The highest BCUT2D eigenvalue weighted by atomic mass is 15.2. The fourth-order valence-corrected chi connectivity index (χ4v) is 3.97. The molecule has 5 nitrogen and oxygen atoms in total. The fourth-order valence-electron chi connectivity index (χ4n) is 3.97. The van der Waals surface area contributed by atoms with Crippen LogP contribution in [0.3, 0.4) is 0 Å². The van der Waals surface area contributed by atoms with Crippen molar-refractivity contribution in [1.82, 2.24) is 15.3 Å². The zero-order valence-electron chi connectivity index (χ0n) is 15.1. The van der Waals surface area contributed by atoms with Crippen molar-refractivity contribution in [3.63, 3.8) is 0 Å². The molecule has 0 radical (unpaired) electrons. The molecule has 134 valence electrons. The molecule has 1 aromatic carbocycles. The maximum atomic E-state index is 9.37. The number of nitriles is 1. The lowest BCUT2D eigenvalue weighted by Crippen LogP contribution is -2.36. The molecule has 2 aromatic rings. The Labute approximate surface area is 155 Å². The third-order valence-electron chi connectivity index (χ3n) is 5.32. The van der Waals surface area contributed by atoms with Gasteiger partial charge in [-0.15, -0.1) is 0 Å². The maximum Gasteiger partial charge on any atom is 0.135 e. The standard InChI is InChI=1S/C21H25N5/c22-14-17-7-4-12-26(15-17)21-18-8-10-23-11-9-19(18)24-20(25-21)13-16-5-2-1-3-6-16/h1-3,5-6,17,23H,4,7-13,15H2. The lowest BCUT2D eigenvalue weighted by molar-refractivity contribution is 0.488. The van der Waals surface area contributed by atoms with Crippen LogP contribution in [0.4, 0.5) is 5.82 Å². The highest BCUT2D eigenvalue weighted by molar-refractivity contribution is 5.51. The van der Waals surface area contributed by atoms with Gasteiger partial charge in [-0.05, 0) is 31.4 Å². The predicted molar refractivity (Wildman–Crippen MR) is 102 cm³/mol. The third kappa shape index (κ3) is 3.71. The Hall–Kier alpha value is -2.45. The zero-order valence-corrected chi connectivity index (χ0v) is 15.1. The zero-order chi connectivity index (χ0) is 17.8. The molecule has 1 atom stereocenters. The predicted octanol–water partition coefficient (Wildman–Crippen LogP) is 2.50. The van der Waals surface area contributed by atoms with Gasteiger partial charge in [-0.3, -0.25) is 0 Å². The molecule has 2 aliphatic heterocycles. The van der Waals surface area contributed by atoms with E-state index < -0.39 is 0 Å². The number of aromatic nitrogens is 2. The first-order chi connectivity index (χ1) is 12.8. The Bertz CT molecular complexity index is 796. The molecule has 3 heterocycles. The summed E-state index contributed by atoms with van der Waals surface area (Å²) in [6.45, 7) is 3.71. The molecule has 1 aromatic heterocycles. The van der Waals surface area contributed by atoms with E-state index in [4.69, 9.17) is 9.97 Å². The van der Waals surface area contributed by atoms with Gasteiger partial charge in [-0.2, -0.15) is 5.26 Å². The molecule has 2 aliphatic rings. The molecule has 0 aliphatic carbocycles. The summed E-state index contributed by atoms with van der Waals surface area (Å²) in [6.07, 6.45) is 4.72. The fraction of sp³-hybridized carbons (Fsp3) is 0.476. The van der Waals surface area contributed by atoms with E-state index in [1.165, 1.54) is 16.8 Å². The number of nitrogens with one attached hydrogen (secondary N) is 1. The smallest absolute Gasteiger partial charge is 0.135 e. The molecular weight excluding hydrogens is 322 g/mol. The van der Waals surface area contributed by atoms with Gasteiger partial charge in [0.05, 0.1) is 17.7 Å². The highest BCUT2D eigenvalue weighted by Gasteiger charge is 2.25. The van der Waals surface area contributed by atoms with Crippen LogP contribution < -0.4 is 10.2 Å². The molecule has 0 amide bonds. The van der Waals surface area contributed by atoms with Gasteiger partial charge in [-0.1, -0.05) is 30.3 Å². The summed E-state index contributed by atoms with van der Waals surface area (Å²) in [4.78, 5) is 12.2. The lowest BCUT2D eigenvalue weighted by atomic mass is 9.98. The van der Waals surface area contributed by atoms with E-state index in [0.29, 0.717) is 0 Å². The van der Waals surface area contributed by atoms with Crippen LogP contribution in [0.15, 0.2) is 30.3 Å². The summed E-state index contributed by atoms with van der Waals surface area (Å²) in [5.41, 5.74) is 3.70. The number of benzene rings is 1. The molecule has 1 fully saturated rings. The Kier molecular flexibility index (Phi) is 5.12. The topological polar surface area (TPSA) is 64.8 Å². The minimum atomic E-state index is 0.107. The Balaban J connectivity index is 1.70. The first-order valence-corrected chi connectivity index (χ1v) is 9.61. The largest absolute Gasteiger partial charge is 0.355 e. The van der Waals surface area contributed by atoms with E-state index in [9.17, 15) is 5.26 Å². The average molecular weight is 347 g/mol. The summed E-state index contributed by atoms with van der Waals surface area (Å²) in [5.74, 6) is 2.08. The van der Waals surface area contributed by atoms with Gasteiger partial charge in [0.15, 0.2) is 0 Å². The number of rotatable bonds is 3. The molecular formula is C21H25N5. The molecule has 1 unspecified atom stereocenters. The van der Waals surface area contributed by atoms with E-state index >= 15 is 0 Å². The van der Waals surface area contributed by atoms with Crippen LogP contribution in [0.5, 0.6) is 0 Å². The molecule has 1 saturated heterocycles. The maximum absolute atomic E-state index is 9.37. The normalized spacial score (nSPS) is 20.1. The third-order valence-corrected chi connectivity index (χ3v) is 5.32. The summed E-state index contributed by atoms with van der Waals surface area (Å²) < 4.78 is 0. The quantitative estimate of drug-likeness (QED) is 0.924. The van der Waals surface area contributed by atoms with Crippen molar-refractivity contribution >= 4 is 5.82 Å². The molecule has 0 spiro atoms. The minimum absolute atomic E-state index is 0.107. The van der Waals surface area contributed by atoms with Crippen molar-refractivity contribution in [3.05, 3.63) is 53.0 Å². The number of piperidine rings is 1. The number of hydrogen-bond donors (Lipinski definition) is 1. The second kappa shape index (κ2) is 7.84. The van der Waals surface area contributed by atoms with E-state index in [2.05, 4.69) is 40.6 Å². The van der Waals surface area contributed by atoms with Crippen molar-refractivity contribution in [3.8, 4) is 6.07 Å². The second-order valence-electron chi connectivity index (χ2n) is 7.22. The lowest BCUT2D eigenvalue weighted by Gasteiger charge is -2.32. The monoisotopic (exact) mass is 347 g/mol. The van der Waals surface area contributed by atoms with Gasteiger partial charge in [0.25, 0.3) is 0 Å². The first kappa shape index (κ1) is 17.0. The number of anilines is 1. The van der Waals surface area contributed by atoms with E-state index in [1.54, 1.807) is 0 Å². The van der Waals surface area contributed by atoms with Crippen LogP contribution in [0.25, 0.3) is 0 Å². The van der Waals surface area contributed by atoms with Gasteiger partial charge in [0.2, 0.25) is 0 Å². The van der Waals surface area contributed by atoms with E-state index in [0.717, 1.165) is 69.9 Å². The van der Waals surface area contributed by atoms with Gasteiger partial charge in [0.1, 0.15) is 11.6 Å². The van der Waals surface area contributed by atoms with Crippen molar-refractivity contribution < 1.29 is 0 Å². The number of nitrogens with zero attached hydrogens (tertiary/aromatic N) is 4. The van der Waals surface area contributed by atoms with Crippen LogP contribution in [0.1, 0.15) is 35.5 Å². The average Bonchev–Trinajstić information content (AvgIpc) is 2.94. The van der Waals surface area contributed by atoms with Crippen molar-refractivity contribution in [1.29, 1.82) is 5.26 Å². The van der Waals surface area contributed by atoms with E-state index in [-0.39, 0.29) is 5.92 Å². The van der Waals surface area contributed by atoms with Crippen LogP contribution in [0.2, 0.25) is 0 Å². The van der Waals surface area contributed by atoms with Gasteiger partial charge < -0.3 is 10.2 Å². The SMILES string of the molecule is N#CC1CCCN(c2nc(Cc3ccccc3)nc3c2CCNCC3)C1. The van der Waals surface area contributed by atoms with Gasteiger partial charge >= 0.3 is 0 Å². The molecule has 1 N–H and O–H groups in total. The Morgan fingerprint density at radius 1 is 1.15 bits per heavy atom.